The minimum Gasteiger partial charge on any atom is -0.489 e. The first-order valence-electron chi connectivity index (χ1n) is 9.04. The number of anilines is 1. The molecule has 0 fully saturated rings. The summed E-state index contributed by atoms with van der Waals surface area (Å²) in [4.78, 5) is 12.1. The normalized spacial score (nSPS) is 11.5. The van der Waals surface area contributed by atoms with Gasteiger partial charge < -0.3 is 10.1 Å². The molecular formula is C23H16BrClF3NO2. The van der Waals surface area contributed by atoms with E-state index in [-0.39, 0.29) is 10.7 Å². The van der Waals surface area contributed by atoms with Gasteiger partial charge in [-0.15, -0.1) is 0 Å². The molecule has 3 aromatic rings. The minimum atomic E-state index is -4.53. The smallest absolute Gasteiger partial charge is 0.416 e. The molecule has 0 unspecified atom stereocenters. The van der Waals surface area contributed by atoms with Crippen LogP contribution >= 0.6 is 27.5 Å². The molecule has 3 nitrogen and oxygen atoms in total. The minimum absolute atomic E-state index is 0.0158. The van der Waals surface area contributed by atoms with Gasteiger partial charge in [-0.05, 0) is 59.7 Å². The summed E-state index contributed by atoms with van der Waals surface area (Å²) in [6.45, 7) is 0.419. The van der Waals surface area contributed by atoms with E-state index < -0.39 is 17.6 Å². The van der Waals surface area contributed by atoms with E-state index in [1.165, 1.54) is 12.2 Å². The zero-order valence-corrected chi connectivity index (χ0v) is 18.3. The summed E-state index contributed by atoms with van der Waals surface area (Å²) < 4.78 is 45.2. The van der Waals surface area contributed by atoms with Crippen molar-refractivity contribution < 1.29 is 22.7 Å². The average Bonchev–Trinajstić information content (AvgIpc) is 2.73. The lowest BCUT2D eigenvalue weighted by molar-refractivity contribution is -0.137. The summed E-state index contributed by atoms with van der Waals surface area (Å²) in [6.07, 6.45) is -1.77. The Kier molecular flexibility index (Phi) is 7.41. The van der Waals surface area contributed by atoms with Gasteiger partial charge in [-0.3, -0.25) is 4.79 Å². The predicted molar refractivity (Wildman–Crippen MR) is 119 cm³/mol. The van der Waals surface area contributed by atoms with Crippen LogP contribution in [0.3, 0.4) is 0 Å². The average molecular weight is 511 g/mol. The number of carbonyl (C=O) groups is 1. The Morgan fingerprint density at radius 1 is 1.03 bits per heavy atom. The van der Waals surface area contributed by atoms with Crippen molar-refractivity contribution in [2.45, 2.75) is 12.8 Å². The highest BCUT2D eigenvalue weighted by molar-refractivity contribution is 9.10. The van der Waals surface area contributed by atoms with E-state index in [2.05, 4.69) is 21.2 Å². The fourth-order valence-electron chi connectivity index (χ4n) is 2.57. The molecule has 0 radical (unpaired) electrons. The number of alkyl halides is 3. The lowest BCUT2D eigenvalue weighted by atomic mass is 10.2. The fraction of sp³-hybridized carbons (Fsp3) is 0.0870. The summed E-state index contributed by atoms with van der Waals surface area (Å²) in [6, 6.07) is 17.6. The van der Waals surface area contributed by atoms with Crippen molar-refractivity contribution in [2.24, 2.45) is 0 Å². The van der Waals surface area contributed by atoms with E-state index in [1.54, 1.807) is 24.3 Å². The molecule has 0 spiro atoms. The highest BCUT2D eigenvalue weighted by Gasteiger charge is 2.31. The molecule has 0 aliphatic carbocycles. The fourth-order valence-corrected chi connectivity index (χ4v) is 3.00. The Labute approximate surface area is 190 Å². The second-order valence-electron chi connectivity index (χ2n) is 6.50. The van der Waals surface area contributed by atoms with Gasteiger partial charge in [0.1, 0.15) is 12.4 Å². The summed E-state index contributed by atoms with van der Waals surface area (Å²) in [5.41, 5.74) is 0.746. The molecule has 3 aromatic carbocycles. The van der Waals surface area contributed by atoms with E-state index >= 15 is 0 Å². The molecular weight excluding hydrogens is 495 g/mol. The number of benzene rings is 3. The maximum absolute atomic E-state index is 12.8. The van der Waals surface area contributed by atoms with Gasteiger partial charge in [0, 0.05) is 10.5 Å². The maximum Gasteiger partial charge on any atom is 0.416 e. The first-order valence-corrected chi connectivity index (χ1v) is 10.2. The Morgan fingerprint density at radius 2 is 1.71 bits per heavy atom. The molecule has 160 valence electrons. The molecule has 1 N–H and O–H groups in total. The zero-order valence-electron chi connectivity index (χ0n) is 15.9. The second kappa shape index (κ2) is 10.0. The predicted octanol–water partition coefficient (Wildman–Crippen LogP) is 7.35. The Bertz CT molecular complexity index is 1080. The second-order valence-corrected chi connectivity index (χ2v) is 7.82. The van der Waals surface area contributed by atoms with Crippen LogP contribution in [0.25, 0.3) is 6.08 Å². The highest BCUT2D eigenvalue weighted by Crippen LogP contribution is 2.33. The molecule has 0 aromatic heterocycles. The molecule has 8 heteroatoms. The summed E-state index contributed by atoms with van der Waals surface area (Å²) >= 11 is 9.26. The first kappa shape index (κ1) is 22.9. The van der Waals surface area contributed by atoms with Gasteiger partial charge in [0.25, 0.3) is 0 Å². The Hall–Kier alpha value is -2.77. The van der Waals surface area contributed by atoms with Gasteiger partial charge >= 0.3 is 6.18 Å². The van der Waals surface area contributed by atoms with Crippen LogP contribution in [0.15, 0.2) is 77.3 Å². The highest BCUT2D eigenvalue weighted by atomic mass is 79.9. The van der Waals surface area contributed by atoms with Crippen molar-refractivity contribution in [3.63, 3.8) is 0 Å². The van der Waals surface area contributed by atoms with E-state index in [4.69, 9.17) is 16.3 Å². The number of carbonyl (C=O) groups excluding carboxylic acids is 1. The Morgan fingerprint density at radius 3 is 2.35 bits per heavy atom. The van der Waals surface area contributed by atoms with Crippen LogP contribution in [0.2, 0.25) is 5.02 Å². The lowest BCUT2D eigenvalue weighted by Crippen LogP contribution is -2.11. The van der Waals surface area contributed by atoms with Crippen LogP contribution in [0.4, 0.5) is 18.9 Å². The summed E-state index contributed by atoms with van der Waals surface area (Å²) in [5, 5.41) is 2.38. The number of amides is 1. The molecule has 31 heavy (non-hydrogen) atoms. The lowest BCUT2D eigenvalue weighted by Gasteiger charge is -2.10. The largest absolute Gasteiger partial charge is 0.489 e. The number of ether oxygens (including phenoxy) is 1. The van der Waals surface area contributed by atoms with Crippen molar-refractivity contribution in [3.05, 3.63) is 99.0 Å². The van der Waals surface area contributed by atoms with Crippen molar-refractivity contribution in [3.8, 4) is 5.75 Å². The molecule has 0 atom stereocenters. The van der Waals surface area contributed by atoms with Crippen molar-refractivity contribution >= 4 is 45.2 Å². The van der Waals surface area contributed by atoms with Crippen LogP contribution < -0.4 is 10.1 Å². The van der Waals surface area contributed by atoms with Crippen molar-refractivity contribution in [2.75, 3.05) is 5.32 Å². The molecule has 0 aliphatic rings. The number of hydrogen-bond acceptors (Lipinski definition) is 2. The van der Waals surface area contributed by atoms with E-state index in [9.17, 15) is 18.0 Å². The van der Waals surface area contributed by atoms with Gasteiger partial charge in [0.2, 0.25) is 5.91 Å². The van der Waals surface area contributed by atoms with Gasteiger partial charge in [-0.2, -0.15) is 13.2 Å². The van der Waals surface area contributed by atoms with Crippen LogP contribution in [0.5, 0.6) is 5.75 Å². The van der Waals surface area contributed by atoms with Gasteiger partial charge in [-0.25, -0.2) is 0 Å². The number of nitrogens with one attached hydrogen (secondary N) is 1. The van der Waals surface area contributed by atoms with Gasteiger partial charge in [-0.1, -0.05) is 51.8 Å². The third kappa shape index (κ3) is 6.87. The third-order valence-corrected chi connectivity index (χ3v) is 5.04. The van der Waals surface area contributed by atoms with Crippen LogP contribution in [-0.2, 0) is 17.6 Å². The van der Waals surface area contributed by atoms with Crippen LogP contribution in [0, 0.1) is 0 Å². The molecule has 0 heterocycles. The molecule has 0 saturated heterocycles. The van der Waals surface area contributed by atoms with E-state index in [0.717, 1.165) is 33.8 Å². The molecule has 3 rings (SSSR count). The number of halogens is 5. The monoisotopic (exact) mass is 509 g/mol. The van der Waals surface area contributed by atoms with Crippen molar-refractivity contribution in [1.82, 2.24) is 0 Å². The standard InChI is InChI=1S/C23H16BrClF3NO2/c24-18-7-1-16(2-8-18)14-31-19-9-3-15(4-10-19)5-12-22(30)29-21-13-17(23(26,27)28)6-11-20(21)25/h1-13H,14H2,(H,29,30)/b12-5+. The number of hydrogen-bond donors (Lipinski definition) is 1. The third-order valence-electron chi connectivity index (χ3n) is 4.18. The van der Waals surface area contributed by atoms with Crippen LogP contribution in [-0.4, -0.2) is 5.91 Å². The zero-order chi connectivity index (χ0) is 22.4. The summed E-state index contributed by atoms with van der Waals surface area (Å²) in [5.74, 6) is 0.0667. The summed E-state index contributed by atoms with van der Waals surface area (Å²) in [7, 11) is 0. The maximum atomic E-state index is 12.8. The van der Waals surface area contributed by atoms with Gasteiger partial charge in [0.05, 0.1) is 16.3 Å². The number of rotatable bonds is 6. The van der Waals surface area contributed by atoms with Crippen molar-refractivity contribution in [1.29, 1.82) is 0 Å². The van der Waals surface area contributed by atoms with Crippen LogP contribution in [0.1, 0.15) is 16.7 Å². The van der Waals surface area contributed by atoms with Gasteiger partial charge in [0.15, 0.2) is 0 Å². The SMILES string of the molecule is O=C(/C=C/c1ccc(OCc2ccc(Br)cc2)cc1)Nc1cc(C(F)(F)F)ccc1Cl. The molecule has 0 aliphatic heterocycles. The Balaban J connectivity index is 1.58. The molecule has 0 saturated carbocycles. The quantitative estimate of drug-likeness (QED) is 0.352. The topological polar surface area (TPSA) is 38.3 Å². The van der Waals surface area contributed by atoms with E-state index in [1.807, 2.05) is 24.3 Å². The molecule has 0 bridgehead atoms. The molecule has 1 amide bonds. The van der Waals surface area contributed by atoms with E-state index in [0.29, 0.717) is 12.4 Å². The first-order chi connectivity index (χ1) is 14.7.